The number of amides is 1. The van der Waals surface area contributed by atoms with Gasteiger partial charge in [-0.1, -0.05) is 437 Å². The lowest BCUT2D eigenvalue weighted by molar-refractivity contribution is -0.359. The van der Waals surface area contributed by atoms with Gasteiger partial charge in [-0.15, -0.1) is 0 Å². The number of hydrogen-bond donors (Lipinski definition) is 9. The number of ether oxygens (including phenoxy) is 4. The van der Waals surface area contributed by atoms with Gasteiger partial charge in [0.2, 0.25) is 5.91 Å². The molecule has 0 spiro atoms. The molecule has 0 radical (unpaired) electrons. The molecule has 2 fully saturated rings. The largest absolute Gasteiger partial charge is 0.394 e. The summed E-state index contributed by atoms with van der Waals surface area (Å²) in [7, 11) is 0. The molecule has 9 N–H and O–H groups in total. The van der Waals surface area contributed by atoms with E-state index < -0.39 is 86.8 Å². The molecule has 1 amide bonds. The lowest BCUT2D eigenvalue weighted by atomic mass is 9.97. The van der Waals surface area contributed by atoms with Crippen LogP contribution in [-0.4, -0.2) is 140 Å². The highest BCUT2D eigenvalue weighted by Crippen LogP contribution is 2.31. The van der Waals surface area contributed by atoms with E-state index in [1.165, 1.54) is 392 Å². The van der Waals surface area contributed by atoms with Gasteiger partial charge in [0.25, 0.3) is 0 Å². The Balaban J connectivity index is 1.53. The van der Waals surface area contributed by atoms with E-state index in [1.54, 1.807) is 0 Å². The van der Waals surface area contributed by atoms with Gasteiger partial charge in [-0.3, -0.25) is 4.79 Å². The molecule has 12 unspecified atom stereocenters. The summed E-state index contributed by atoms with van der Waals surface area (Å²) in [5.74, 6) is -0.194. The lowest BCUT2D eigenvalue weighted by Gasteiger charge is -2.46. The zero-order valence-corrected chi connectivity index (χ0v) is 69.0. The van der Waals surface area contributed by atoms with Gasteiger partial charge in [0.1, 0.15) is 48.8 Å². The van der Waals surface area contributed by atoms with E-state index >= 15 is 0 Å². The summed E-state index contributed by atoms with van der Waals surface area (Å²) in [6.45, 7) is 2.95. The minimum atomic E-state index is -1.78. The second-order valence-electron chi connectivity index (χ2n) is 33.1. The maximum Gasteiger partial charge on any atom is 0.220 e. The fraction of sp³-hybridized carbons (Fsp3) is 0.967. The molecule has 0 aromatic rings. The predicted molar refractivity (Wildman–Crippen MR) is 439 cm³/mol. The number of carbonyl (C=O) groups is 1. The molecule has 2 aliphatic heterocycles. The summed E-state index contributed by atoms with van der Waals surface area (Å²) in [5.41, 5.74) is 0. The van der Waals surface area contributed by atoms with Crippen molar-refractivity contribution in [3.63, 3.8) is 0 Å². The Labute approximate surface area is 647 Å². The van der Waals surface area contributed by atoms with E-state index in [9.17, 15) is 45.6 Å². The molecule has 624 valence electrons. The number of carbonyl (C=O) groups excluding carboxylic acids is 1. The number of aliphatic hydroxyl groups is 8. The maximum absolute atomic E-state index is 13.4. The fourth-order valence-corrected chi connectivity index (χ4v) is 15.9. The van der Waals surface area contributed by atoms with Crippen LogP contribution in [0.5, 0.6) is 0 Å². The van der Waals surface area contributed by atoms with Gasteiger partial charge in [-0.2, -0.15) is 0 Å². The van der Waals surface area contributed by atoms with Crippen molar-refractivity contribution in [2.75, 3.05) is 19.8 Å². The smallest absolute Gasteiger partial charge is 0.220 e. The zero-order chi connectivity index (χ0) is 75.8. The normalized spacial score (nSPS) is 21.3. The van der Waals surface area contributed by atoms with E-state index in [0.717, 1.165) is 51.4 Å². The summed E-state index contributed by atoms with van der Waals surface area (Å²) in [6.07, 6.45) is 81.6. The summed E-state index contributed by atoms with van der Waals surface area (Å²) >= 11 is 0. The average Bonchev–Trinajstić information content (AvgIpc) is 0.789. The van der Waals surface area contributed by atoms with Crippen molar-refractivity contribution in [3.05, 3.63) is 12.2 Å². The first-order chi connectivity index (χ1) is 51.6. The molecular formula is C91H177NO13. The highest BCUT2D eigenvalue weighted by atomic mass is 16.7. The highest BCUT2D eigenvalue weighted by molar-refractivity contribution is 5.76. The number of allylic oxidation sites excluding steroid dienone is 2. The monoisotopic (exact) mass is 1490 g/mol. The molecule has 2 rings (SSSR count). The topological polar surface area (TPSA) is 228 Å². The molecule has 2 aliphatic rings. The first-order valence-electron chi connectivity index (χ1n) is 46.4. The standard InChI is InChI=1S/C91H177NO13/c1-3-5-7-9-11-13-15-17-19-21-23-25-27-29-31-33-35-37-38-39-40-41-42-43-45-47-49-51-53-55-57-59-61-63-65-67-69-71-73-75-83(96)92-79(78-102-90-88(101)86(99)89(82(77-94)104-90)105-91-87(100)85(98)84(97)81(76-93)103-91)80(95)74-72-70-68-66-64-62-60-58-56-54-52-50-48-46-44-36-34-32-30-28-26-24-22-20-18-16-14-12-10-8-6-4-2/h21,23,79-82,84-91,93-95,97-101H,3-20,22,24-78H2,1-2H3,(H,92,96)/b23-21-. The minimum absolute atomic E-state index is 0.194. The molecule has 2 heterocycles. The first-order valence-corrected chi connectivity index (χ1v) is 46.4. The Hall–Kier alpha value is -1.27. The Morgan fingerprint density at radius 2 is 0.600 bits per heavy atom. The second kappa shape index (κ2) is 75.4. The molecule has 12 atom stereocenters. The molecule has 0 saturated carbocycles. The average molecular weight is 1490 g/mol. The molecule has 0 aromatic carbocycles. The van der Waals surface area contributed by atoms with Crippen LogP contribution in [0, 0.1) is 0 Å². The van der Waals surface area contributed by atoms with E-state index in [1.807, 2.05) is 0 Å². The number of hydrogen-bond acceptors (Lipinski definition) is 13. The van der Waals surface area contributed by atoms with Crippen molar-refractivity contribution in [2.24, 2.45) is 0 Å². The Bertz CT molecular complexity index is 1810. The van der Waals surface area contributed by atoms with Crippen LogP contribution in [0.1, 0.15) is 470 Å². The number of nitrogens with one attached hydrogen (secondary N) is 1. The molecule has 105 heavy (non-hydrogen) atoms. The van der Waals surface area contributed by atoms with Crippen molar-refractivity contribution in [1.29, 1.82) is 0 Å². The number of aliphatic hydroxyl groups excluding tert-OH is 8. The molecular weight excluding hydrogens is 1310 g/mol. The van der Waals surface area contributed by atoms with Gasteiger partial charge < -0.3 is 65.1 Å². The predicted octanol–water partition coefficient (Wildman–Crippen LogP) is 22.8. The van der Waals surface area contributed by atoms with Crippen LogP contribution in [0.3, 0.4) is 0 Å². The third-order valence-electron chi connectivity index (χ3n) is 23.2. The van der Waals surface area contributed by atoms with Crippen LogP contribution in [0.4, 0.5) is 0 Å². The van der Waals surface area contributed by atoms with E-state index in [-0.39, 0.29) is 12.5 Å². The molecule has 14 nitrogen and oxygen atoms in total. The van der Waals surface area contributed by atoms with Crippen molar-refractivity contribution < 1.29 is 64.6 Å². The van der Waals surface area contributed by atoms with Crippen molar-refractivity contribution in [2.45, 2.75) is 543 Å². The van der Waals surface area contributed by atoms with Crippen molar-refractivity contribution >= 4 is 5.91 Å². The van der Waals surface area contributed by atoms with Crippen LogP contribution in [0.25, 0.3) is 0 Å². The third-order valence-corrected chi connectivity index (χ3v) is 23.2. The van der Waals surface area contributed by atoms with Gasteiger partial charge in [-0.25, -0.2) is 0 Å². The third kappa shape index (κ3) is 57.4. The van der Waals surface area contributed by atoms with Gasteiger partial charge in [0, 0.05) is 6.42 Å². The lowest BCUT2D eigenvalue weighted by Crippen LogP contribution is -2.65. The Kier molecular flexibility index (Phi) is 71.7. The quantitative estimate of drug-likeness (QED) is 0.0204. The SMILES string of the molecule is CCCCCCCCCC/C=C\CCCCCCCCCCCCCCCCCCCCCCCCCCCCCC(=O)NC(COC1OC(CO)C(OC2OC(CO)C(O)C(O)C2O)C(O)C1O)C(O)CCCCCCCCCCCCCCCCCCCCCCCCCCCCCCCCCC. The second-order valence-corrected chi connectivity index (χ2v) is 33.1. The Morgan fingerprint density at radius 1 is 0.333 bits per heavy atom. The van der Waals surface area contributed by atoms with Crippen LogP contribution in [0.15, 0.2) is 12.2 Å². The number of rotatable bonds is 81. The molecule has 0 bridgehead atoms. The van der Waals surface area contributed by atoms with Crippen LogP contribution in [0.2, 0.25) is 0 Å². The fourth-order valence-electron chi connectivity index (χ4n) is 15.9. The molecule has 0 aliphatic carbocycles. The van der Waals surface area contributed by atoms with E-state index in [2.05, 4.69) is 31.3 Å². The molecule has 14 heteroatoms. The van der Waals surface area contributed by atoms with Crippen LogP contribution in [-0.2, 0) is 23.7 Å². The van der Waals surface area contributed by atoms with Gasteiger partial charge >= 0.3 is 0 Å². The maximum atomic E-state index is 13.4. The first kappa shape index (κ1) is 99.8. The summed E-state index contributed by atoms with van der Waals surface area (Å²) < 4.78 is 23.0. The molecule has 2 saturated heterocycles. The summed E-state index contributed by atoms with van der Waals surface area (Å²) in [5, 5.41) is 88.1. The summed E-state index contributed by atoms with van der Waals surface area (Å²) in [6, 6.07) is -0.828. The van der Waals surface area contributed by atoms with Gasteiger partial charge in [0.05, 0.1) is 32.0 Å². The Morgan fingerprint density at radius 3 is 0.905 bits per heavy atom. The van der Waals surface area contributed by atoms with Crippen LogP contribution >= 0.6 is 0 Å². The molecule has 0 aromatic heterocycles. The summed E-state index contributed by atoms with van der Waals surface area (Å²) in [4.78, 5) is 13.4. The highest BCUT2D eigenvalue weighted by Gasteiger charge is 2.51. The van der Waals surface area contributed by atoms with Gasteiger partial charge in [-0.05, 0) is 38.5 Å². The van der Waals surface area contributed by atoms with Crippen LogP contribution < -0.4 is 5.32 Å². The van der Waals surface area contributed by atoms with Crippen molar-refractivity contribution in [3.8, 4) is 0 Å². The van der Waals surface area contributed by atoms with Gasteiger partial charge in [0.15, 0.2) is 12.6 Å². The van der Waals surface area contributed by atoms with Crippen molar-refractivity contribution in [1.82, 2.24) is 5.32 Å². The zero-order valence-electron chi connectivity index (χ0n) is 69.0. The van der Waals surface area contributed by atoms with E-state index in [0.29, 0.717) is 12.8 Å². The van der Waals surface area contributed by atoms with E-state index in [4.69, 9.17) is 18.9 Å². The number of unbranched alkanes of at least 4 members (excludes halogenated alkanes) is 66. The minimum Gasteiger partial charge on any atom is -0.394 e.